The largest absolute Gasteiger partial charge is 0.455 e. The third kappa shape index (κ3) is 5.82. The Labute approximate surface area is 187 Å². The molecule has 1 N–H and O–H groups in total. The lowest BCUT2D eigenvalue weighted by Crippen LogP contribution is -2.24. The molecule has 0 radical (unpaired) electrons. The summed E-state index contributed by atoms with van der Waals surface area (Å²) in [6.45, 7) is 0.400. The van der Waals surface area contributed by atoms with Gasteiger partial charge in [0.05, 0.1) is 5.75 Å². The summed E-state index contributed by atoms with van der Waals surface area (Å²) >= 11 is 1.02. The van der Waals surface area contributed by atoms with Crippen LogP contribution in [0.15, 0.2) is 58.1 Å². The Morgan fingerprint density at radius 1 is 1.19 bits per heavy atom. The second kappa shape index (κ2) is 9.23. The van der Waals surface area contributed by atoms with Gasteiger partial charge in [0.1, 0.15) is 11.6 Å². The lowest BCUT2D eigenvalue weighted by molar-refractivity contribution is -0.141. The normalized spacial score (nSPS) is 13.8. The van der Waals surface area contributed by atoms with Crippen molar-refractivity contribution in [2.45, 2.75) is 42.5 Å². The number of halogens is 3. The predicted octanol–water partition coefficient (Wildman–Crippen LogP) is 4.91. The molecule has 0 saturated heterocycles. The fourth-order valence-corrected chi connectivity index (χ4v) is 3.70. The number of carbonyl (C=O) groups excluding carboxylic acids is 1. The molecule has 1 aromatic carbocycles. The van der Waals surface area contributed by atoms with E-state index in [1.165, 1.54) is 0 Å². The average molecular weight is 462 g/mol. The number of amides is 1. The van der Waals surface area contributed by atoms with Crippen LogP contribution in [0.1, 0.15) is 40.4 Å². The third-order valence-electron chi connectivity index (χ3n) is 4.78. The maximum Gasteiger partial charge on any atom is 0.433 e. The minimum absolute atomic E-state index is 0.0184. The van der Waals surface area contributed by atoms with Gasteiger partial charge in [0.25, 0.3) is 5.91 Å². The Balaban J connectivity index is 1.48. The number of thioether (sulfide) groups is 1. The summed E-state index contributed by atoms with van der Waals surface area (Å²) in [5, 5.41) is 2.81. The van der Waals surface area contributed by atoms with Crippen molar-refractivity contribution >= 4 is 23.5 Å². The molecular formula is C22H21F3N4O2S. The Morgan fingerprint density at radius 3 is 2.62 bits per heavy atom. The third-order valence-corrected chi connectivity index (χ3v) is 5.65. The van der Waals surface area contributed by atoms with E-state index in [9.17, 15) is 18.0 Å². The molecule has 10 heteroatoms. The van der Waals surface area contributed by atoms with Crippen LogP contribution in [0, 0.1) is 0 Å². The predicted molar refractivity (Wildman–Crippen MR) is 114 cm³/mol. The van der Waals surface area contributed by atoms with Gasteiger partial charge in [-0.15, -0.1) is 0 Å². The molecule has 4 rings (SSSR count). The second-order valence-corrected chi connectivity index (χ2v) is 8.48. The zero-order valence-corrected chi connectivity index (χ0v) is 18.0. The SMILES string of the molecule is CN(Cc1ccccc1)c1cc(C(F)(F)F)nc(SCc2ccc(C(=O)NC3CC3)o2)n1. The lowest BCUT2D eigenvalue weighted by atomic mass is 10.2. The van der Waals surface area contributed by atoms with Crippen LogP contribution < -0.4 is 10.2 Å². The van der Waals surface area contributed by atoms with Gasteiger partial charge in [0.15, 0.2) is 16.6 Å². The molecule has 1 fully saturated rings. The number of rotatable bonds is 8. The molecule has 0 unspecified atom stereocenters. The average Bonchev–Trinajstić information content (AvgIpc) is 3.45. The maximum absolute atomic E-state index is 13.4. The molecule has 32 heavy (non-hydrogen) atoms. The van der Waals surface area contributed by atoms with Crippen LogP contribution in [0.3, 0.4) is 0 Å². The smallest absolute Gasteiger partial charge is 0.433 e. The van der Waals surface area contributed by atoms with Gasteiger partial charge in [-0.25, -0.2) is 9.97 Å². The van der Waals surface area contributed by atoms with E-state index in [4.69, 9.17) is 4.42 Å². The molecule has 2 heterocycles. The molecule has 2 aromatic heterocycles. The minimum atomic E-state index is -4.60. The Morgan fingerprint density at radius 2 is 1.94 bits per heavy atom. The van der Waals surface area contributed by atoms with E-state index in [0.717, 1.165) is 36.2 Å². The molecule has 1 saturated carbocycles. The van der Waals surface area contributed by atoms with Crippen LogP contribution in [0.4, 0.5) is 19.0 Å². The number of alkyl halides is 3. The molecule has 0 aliphatic heterocycles. The highest BCUT2D eigenvalue weighted by atomic mass is 32.2. The molecule has 1 aliphatic carbocycles. The molecule has 1 amide bonds. The second-order valence-electron chi connectivity index (χ2n) is 7.54. The number of benzene rings is 1. The van der Waals surface area contributed by atoms with Crippen molar-refractivity contribution in [1.29, 1.82) is 0 Å². The first-order valence-corrected chi connectivity index (χ1v) is 11.0. The van der Waals surface area contributed by atoms with Crippen LogP contribution in [0.2, 0.25) is 0 Å². The van der Waals surface area contributed by atoms with E-state index in [1.807, 2.05) is 30.3 Å². The van der Waals surface area contributed by atoms with Crippen LogP contribution >= 0.6 is 11.8 Å². The van der Waals surface area contributed by atoms with Crippen LogP contribution in [-0.2, 0) is 18.5 Å². The van der Waals surface area contributed by atoms with Crippen molar-refractivity contribution in [2.75, 3.05) is 11.9 Å². The number of nitrogens with one attached hydrogen (secondary N) is 1. The molecule has 1 aliphatic rings. The van der Waals surface area contributed by atoms with E-state index in [0.29, 0.717) is 12.3 Å². The number of anilines is 1. The van der Waals surface area contributed by atoms with E-state index >= 15 is 0 Å². The van der Waals surface area contributed by atoms with Crippen molar-refractivity contribution in [3.8, 4) is 0 Å². The fourth-order valence-electron chi connectivity index (χ4n) is 2.95. The summed E-state index contributed by atoms with van der Waals surface area (Å²) < 4.78 is 45.8. The molecule has 6 nitrogen and oxygen atoms in total. The number of hydrogen-bond donors (Lipinski definition) is 1. The van der Waals surface area contributed by atoms with Gasteiger partial charge < -0.3 is 14.6 Å². The van der Waals surface area contributed by atoms with E-state index in [2.05, 4.69) is 15.3 Å². The van der Waals surface area contributed by atoms with E-state index in [-0.39, 0.29) is 34.4 Å². The maximum atomic E-state index is 13.4. The minimum Gasteiger partial charge on any atom is -0.455 e. The van der Waals surface area contributed by atoms with Crippen molar-refractivity contribution in [1.82, 2.24) is 15.3 Å². The highest BCUT2D eigenvalue weighted by Crippen LogP contribution is 2.32. The Hall–Kier alpha value is -3.01. The number of aromatic nitrogens is 2. The molecule has 3 aromatic rings. The Kier molecular flexibility index (Phi) is 6.40. The fraction of sp³-hybridized carbons (Fsp3) is 0.318. The summed E-state index contributed by atoms with van der Waals surface area (Å²) in [6, 6.07) is 13.7. The van der Waals surface area contributed by atoms with Gasteiger partial charge in [-0.3, -0.25) is 4.79 Å². The van der Waals surface area contributed by atoms with Gasteiger partial charge in [0, 0.05) is 25.7 Å². The van der Waals surface area contributed by atoms with Crippen molar-refractivity contribution in [2.24, 2.45) is 0 Å². The summed E-state index contributed by atoms with van der Waals surface area (Å²) in [7, 11) is 1.68. The summed E-state index contributed by atoms with van der Waals surface area (Å²) in [6.07, 6.45) is -2.68. The number of hydrogen-bond acceptors (Lipinski definition) is 6. The Bertz CT molecular complexity index is 1080. The molecule has 168 valence electrons. The first-order chi connectivity index (χ1) is 15.3. The molecule has 0 atom stereocenters. The standard InChI is InChI=1S/C22H21F3N4O2S/c1-29(12-14-5-3-2-4-6-14)19-11-18(22(23,24)25)27-21(28-19)32-13-16-9-10-17(31-16)20(30)26-15-7-8-15/h2-6,9-11,15H,7-8,12-13H2,1H3,(H,26,30). The molecule has 0 bridgehead atoms. The van der Waals surface area contributed by atoms with Gasteiger partial charge in [0.2, 0.25) is 0 Å². The topological polar surface area (TPSA) is 71.3 Å². The number of carbonyl (C=O) groups is 1. The van der Waals surface area contributed by atoms with Gasteiger partial charge in [-0.2, -0.15) is 13.2 Å². The molecular weight excluding hydrogens is 441 g/mol. The first kappa shape index (κ1) is 22.2. The number of nitrogens with zero attached hydrogens (tertiary/aromatic N) is 3. The quantitative estimate of drug-likeness (QED) is 0.379. The van der Waals surface area contributed by atoms with Crippen molar-refractivity contribution in [3.05, 3.63) is 71.3 Å². The lowest BCUT2D eigenvalue weighted by Gasteiger charge is -2.20. The van der Waals surface area contributed by atoms with Crippen LogP contribution in [0.25, 0.3) is 0 Å². The summed E-state index contributed by atoms with van der Waals surface area (Å²) in [5.41, 5.74) is -0.0576. The van der Waals surface area contributed by atoms with Crippen LogP contribution in [-0.4, -0.2) is 29.0 Å². The molecule has 0 spiro atoms. The highest BCUT2D eigenvalue weighted by Gasteiger charge is 2.34. The zero-order chi connectivity index (χ0) is 22.7. The first-order valence-electron chi connectivity index (χ1n) is 10.0. The number of furan rings is 1. The van der Waals surface area contributed by atoms with E-state index < -0.39 is 11.9 Å². The van der Waals surface area contributed by atoms with Crippen molar-refractivity contribution in [3.63, 3.8) is 0 Å². The van der Waals surface area contributed by atoms with Crippen molar-refractivity contribution < 1.29 is 22.4 Å². The monoisotopic (exact) mass is 462 g/mol. The van der Waals surface area contributed by atoms with Crippen LogP contribution in [0.5, 0.6) is 0 Å². The highest BCUT2D eigenvalue weighted by molar-refractivity contribution is 7.98. The van der Waals surface area contributed by atoms with E-state index in [1.54, 1.807) is 24.1 Å². The van der Waals surface area contributed by atoms with Gasteiger partial charge in [-0.05, 0) is 30.5 Å². The summed E-state index contributed by atoms with van der Waals surface area (Å²) in [4.78, 5) is 21.7. The zero-order valence-electron chi connectivity index (χ0n) is 17.2. The van der Waals surface area contributed by atoms with Gasteiger partial charge in [-0.1, -0.05) is 42.1 Å². The summed E-state index contributed by atoms with van der Waals surface area (Å²) in [5.74, 6) is 0.711. The van der Waals surface area contributed by atoms with Gasteiger partial charge >= 0.3 is 6.18 Å².